The molecule has 1 aliphatic carbocycles. The van der Waals surface area contributed by atoms with Crippen LogP contribution in [0.1, 0.15) is 19.3 Å². The van der Waals surface area contributed by atoms with Crippen molar-refractivity contribution in [1.82, 2.24) is 4.31 Å². The topological polar surface area (TPSA) is 3.24 Å². The first-order chi connectivity index (χ1) is 5.49. The summed E-state index contributed by atoms with van der Waals surface area (Å²) in [6.45, 7) is 1.24. The van der Waals surface area contributed by atoms with Crippen molar-refractivity contribution in [2.24, 2.45) is 5.41 Å². The van der Waals surface area contributed by atoms with Gasteiger partial charge in [0.1, 0.15) is 0 Å². The zero-order chi connectivity index (χ0) is 8.82. The molecule has 5 heteroatoms. The van der Waals surface area contributed by atoms with Crippen LogP contribution in [0.4, 0.5) is 13.2 Å². The van der Waals surface area contributed by atoms with Gasteiger partial charge in [0.2, 0.25) is 0 Å². The molecule has 1 spiro atoms. The maximum Gasteiger partial charge on any atom is 0.456 e. The van der Waals surface area contributed by atoms with Gasteiger partial charge in [-0.1, -0.05) is 0 Å². The Bertz CT molecular complexity index is 188. The monoisotopic (exact) mass is 197 g/mol. The van der Waals surface area contributed by atoms with Crippen molar-refractivity contribution < 1.29 is 13.2 Å². The van der Waals surface area contributed by atoms with Gasteiger partial charge < -0.3 is 0 Å². The van der Waals surface area contributed by atoms with Crippen molar-refractivity contribution in [3.8, 4) is 0 Å². The zero-order valence-corrected chi connectivity index (χ0v) is 7.34. The van der Waals surface area contributed by atoms with E-state index in [-0.39, 0.29) is 17.4 Å². The molecular weight excluding hydrogens is 187 g/mol. The second-order valence-electron chi connectivity index (χ2n) is 3.65. The Labute approximate surface area is 73.4 Å². The number of nitrogens with zero attached hydrogens (tertiary/aromatic N) is 1. The third-order valence-electron chi connectivity index (χ3n) is 2.59. The van der Waals surface area contributed by atoms with Crippen LogP contribution in [0, 0.1) is 5.41 Å². The van der Waals surface area contributed by atoms with Gasteiger partial charge in [0.25, 0.3) is 0 Å². The lowest BCUT2D eigenvalue weighted by molar-refractivity contribution is -0.0359. The normalized spacial score (nSPS) is 28.2. The Morgan fingerprint density at radius 3 is 2.25 bits per heavy atom. The van der Waals surface area contributed by atoms with Gasteiger partial charge >= 0.3 is 5.51 Å². The van der Waals surface area contributed by atoms with Crippen molar-refractivity contribution in [1.29, 1.82) is 0 Å². The minimum Gasteiger partial charge on any atom is -0.243 e. The summed E-state index contributed by atoms with van der Waals surface area (Å²) in [5.74, 6) is 0. The molecule has 0 atom stereocenters. The van der Waals surface area contributed by atoms with Crippen LogP contribution in [-0.4, -0.2) is 22.9 Å². The second kappa shape index (κ2) is 2.54. The standard InChI is InChI=1S/C7H10F3NS/c8-7(9,10)12-11-4-3-6(5-11)1-2-6/h1-5H2. The predicted molar refractivity (Wildman–Crippen MR) is 41.5 cm³/mol. The third kappa shape index (κ3) is 1.88. The van der Waals surface area contributed by atoms with Crippen molar-refractivity contribution >= 4 is 11.9 Å². The highest BCUT2D eigenvalue weighted by Gasteiger charge is 2.49. The van der Waals surface area contributed by atoms with E-state index in [2.05, 4.69) is 0 Å². The quantitative estimate of drug-likeness (QED) is 0.594. The van der Waals surface area contributed by atoms with E-state index in [1.165, 1.54) is 4.31 Å². The smallest absolute Gasteiger partial charge is 0.243 e. The zero-order valence-electron chi connectivity index (χ0n) is 6.52. The predicted octanol–water partition coefficient (Wildman–Crippen LogP) is 2.64. The molecule has 0 N–H and O–H groups in total. The first kappa shape index (κ1) is 8.69. The average molecular weight is 197 g/mol. The van der Waals surface area contributed by atoms with Crippen LogP contribution in [0.2, 0.25) is 0 Å². The van der Waals surface area contributed by atoms with Crippen LogP contribution in [0.5, 0.6) is 0 Å². The van der Waals surface area contributed by atoms with Gasteiger partial charge in [-0.05, 0) is 24.7 Å². The molecule has 1 heterocycles. The van der Waals surface area contributed by atoms with E-state index in [9.17, 15) is 13.2 Å². The number of halogens is 3. The van der Waals surface area contributed by atoms with Crippen molar-refractivity contribution in [3.63, 3.8) is 0 Å². The fraction of sp³-hybridized carbons (Fsp3) is 1.00. The van der Waals surface area contributed by atoms with Gasteiger partial charge in [-0.15, -0.1) is 0 Å². The summed E-state index contributed by atoms with van der Waals surface area (Å²) in [4.78, 5) is 0. The molecule has 0 aromatic heterocycles. The molecule has 2 rings (SSSR count). The Morgan fingerprint density at radius 1 is 1.17 bits per heavy atom. The SMILES string of the molecule is FC(F)(F)SN1CCC2(CC2)C1. The molecule has 0 unspecified atom stereocenters. The first-order valence-corrected chi connectivity index (χ1v) is 4.77. The lowest BCUT2D eigenvalue weighted by Crippen LogP contribution is -2.18. The molecular formula is C7H10F3NS. The van der Waals surface area contributed by atoms with E-state index >= 15 is 0 Å². The van der Waals surface area contributed by atoms with Crippen molar-refractivity contribution in [2.45, 2.75) is 24.8 Å². The van der Waals surface area contributed by atoms with Gasteiger partial charge in [-0.2, -0.15) is 13.2 Å². The Kier molecular flexibility index (Phi) is 1.84. The summed E-state index contributed by atoms with van der Waals surface area (Å²) >= 11 is 0.0400. The summed E-state index contributed by atoms with van der Waals surface area (Å²) in [6, 6.07) is 0. The Hall–Kier alpha value is 0.1000. The van der Waals surface area contributed by atoms with Crippen LogP contribution < -0.4 is 0 Å². The lowest BCUT2D eigenvalue weighted by atomic mass is 10.1. The Balaban J connectivity index is 1.84. The van der Waals surface area contributed by atoms with E-state index in [0.717, 1.165) is 19.3 Å². The molecule has 2 aliphatic rings. The van der Waals surface area contributed by atoms with Crippen molar-refractivity contribution in [2.75, 3.05) is 13.1 Å². The van der Waals surface area contributed by atoms with Gasteiger partial charge in [0.05, 0.1) is 0 Å². The van der Waals surface area contributed by atoms with E-state index < -0.39 is 5.51 Å². The number of alkyl halides is 3. The molecule has 0 aromatic rings. The van der Waals surface area contributed by atoms with Gasteiger partial charge in [-0.25, -0.2) is 4.31 Å². The van der Waals surface area contributed by atoms with E-state index in [1.54, 1.807) is 0 Å². The molecule has 70 valence electrons. The minimum atomic E-state index is -4.10. The second-order valence-corrected chi connectivity index (χ2v) is 4.81. The molecule has 12 heavy (non-hydrogen) atoms. The van der Waals surface area contributed by atoms with Gasteiger partial charge in [-0.3, -0.25) is 0 Å². The fourth-order valence-electron chi connectivity index (χ4n) is 1.70. The minimum absolute atomic E-state index is 0.0400. The highest BCUT2D eigenvalue weighted by Crippen LogP contribution is 2.55. The maximum atomic E-state index is 11.9. The highest BCUT2D eigenvalue weighted by molar-refractivity contribution is 7.97. The molecule has 1 nitrogen and oxygen atoms in total. The van der Waals surface area contributed by atoms with E-state index in [1.807, 2.05) is 0 Å². The van der Waals surface area contributed by atoms with E-state index in [0.29, 0.717) is 13.1 Å². The summed E-state index contributed by atoms with van der Waals surface area (Å²) in [6.07, 6.45) is 3.21. The molecule has 1 saturated carbocycles. The maximum absolute atomic E-state index is 11.9. The van der Waals surface area contributed by atoms with Gasteiger partial charge in [0.15, 0.2) is 0 Å². The molecule has 0 aromatic carbocycles. The fourth-order valence-corrected chi connectivity index (χ4v) is 2.52. The van der Waals surface area contributed by atoms with E-state index in [4.69, 9.17) is 0 Å². The summed E-state index contributed by atoms with van der Waals surface area (Å²) in [5, 5.41) is 0. The number of rotatable bonds is 1. The van der Waals surface area contributed by atoms with Crippen LogP contribution in [0.15, 0.2) is 0 Å². The largest absolute Gasteiger partial charge is 0.456 e. The first-order valence-electron chi connectivity index (χ1n) is 4.00. The van der Waals surface area contributed by atoms with Crippen molar-refractivity contribution in [3.05, 3.63) is 0 Å². The Morgan fingerprint density at radius 2 is 1.83 bits per heavy atom. The molecule has 0 bridgehead atoms. The van der Waals surface area contributed by atoms with Crippen LogP contribution in [0.3, 0.4) is 0 Å². The van der Waals surface area contributed by atoms with Crippen LogP contribution >= 0.6 is 11.9 Å². The lowest BCUT2D eigenvalue weighted by Gasteiger charge is -2.15. The third-order valence-corrected chi connectivity index (χ3v) is 3.37. The van der Waals surface area contributed by atoms with Crippen LogP contribution in [0.25, 0.3) is 0 Å². The summed E-state index contributed by atoms with van der Waals surface area (Å²) in [7, 11) is 0. The van der Waals surface area contributed by atoms with Gasteiger partial charge in [0, 0.05) is 25.0 Å². The number of hydrogen-bond acceptors (Lipinski definition) is 2. The molecule has 2 fully saturated rings. The molecule has 0 radical (unpaired) electrons. The molecule has 0 amide bonds. The summed E-state index contributed by atoms with van der Waals surface area (Å²) in [5.41, 5.74) is -3.81. The number of hydrogen-bond donors (Lipinski definition) is 0. The summed E-state index contributed by atoms with van der Waals surface area (Å²) < 4.78 is 37.2. The average Bonchev–Trinajstić information content (AvgIpc) is 2.49. The molecule has 1 saturated heterocycles. The highest BCUT2D eigenvalue weighted by atomic mass is 32.2. The van der Waals surface area contributed by atoms with Crippen LogP contribution in [-0.2, 0) is 0 Å². The molecule has 1 aliphatic heterocycles.